The first-order valence-corrected chi connectivity index (χ1v) is 5.20. The molecule has 1 aliphatic rings. The molecular weight excluding hydrogens is 182 g/mol. The summed E-state index contributed by atoms with van der Waals surface area (Å²) in [5, 5.41) is 3.03. The zero-order valence-corrected chi connectivity index (χ0v) is 8.91. The Hall–Kier alpha value is -0.610. The van der Waals surface area contributed by atoms with Crippen molar-refractivity contribution in [3.63, 3.8) is 0 Å². The molecule has 1 heterocycles. The van der Waals surface area contributed by atoms with Crippen molar-refractivity contribution in [2.45, 2.75) is 38.9 Å². The van der Waals surface area contributed by atoms with Crippen LogP contribution in [0.2, 0.25) is 0 Å². The van der Waals surface area contributed by atoms with Crippen LogP contribution in [0.3, 0.4) is 0 Å². The van der Waals surface area contributed by atoms with Gasteiger partial charge in [-0.15, -0.1) is 0 Å². The van der Waals surface area contributed by atoms with E-state index in [4.69, 9.17) is 9.47 Å². The van der Waals surface area contributed by atoms with Crippen LogP contribution < -0.4 is 5.32 Å². The molecule has 0 spiro atoms. The number of ether oxygens (including phenoxy) is 2. The van der Waals surface area contributed by atoms with E-state index in [9.17, 15) is 4.79 Å². The number of carbonyl (C=O) groups is 1. The molecule has 1 rings (SSSR count). The molecule has 1 fully saturated rings. The van der Waals surface area contributed by atoms with Crippen LogP contribution in [0.15, 0.2) is 0 Å². The molecule has 1 atom stereocenters. The fourth-order valence-corrected chi connectivity index (χ4v) is 1.45. The third-order valence-corrected chi connectivity index (χ3v) is 2.03. The van der Waals surface area contributed by atoms with E-state index in [1.807, 2.05) is 13.8 Å². The molecule has 1 N–H and O–H groups in total. The topological polar surface area (TPSA) is 47.6 Å². The molecule has 0 aromatic rings. The normalized spacial score (nSPS) is 21.5. The highest BCUT2D eigenvalue weighted by atomic mass is 16.5. The van der Waals surface area contributed by atoms with Crippen molar-refractivity contribution in [3.05, 3.63) is 0 Å². The Kier molecular flexibility index (Phi) is 4.90. The molecule has 1 aliphatic heterocycles. The lowest BCUT2D eigenvalue weighted by Crippen LogP contribution is -2.32. The Labute approximate surface area is 85.0 Å². The maximum Gasteiger partial charge on any atom is 0.320 e. The van der Waals surface area contributed by atoms with Crippen LogP contribution in [0, 0.1) is 0 Å². The molecule has 0 bridgehead atoms. The van der Waals surface area contributed by atoms with Gasteiger partial charge in [-0.3, -0.25) is 4.79 Å². The van der Waals surface area contributed by atoms with Gasteiger partial charge in [-0.25, -0.2) is 0 Å². The van der Waals surface area contributed by atoms with Gasteiger partial charge in [-0.05, 0) is 26.7 Å². The summed E-state index contributed by atoms with van der Waals surface area (Å²) in [6, 6.07) is 0. The number of carbonyl (C=O) groups excluding carboxylic acids is 1. The summed E-state index contributed by atoms with van der Waals surface area (Å²) in [7, 11) is 0. The highest BCUT2D eigenvalue weighted by Gasteiger charge is 2.15. The van der Waals surface area contributed by atoms with Crippen molar-refractivity contribution in [2.75, 3.05) is 19.7 Å². The highest BCUT2D eigenvalue weighted by molar-refractivity contribution is 5.71. The fraction of sp³-hybridized carbons (Fsp3) is 0.900. The molecule has 4 heteroatoms. The Balaban J connectivity index is 1.99. The van der Waals surface area contributed by atoms with Crippen molar-refractivity contribution >= 4 is 5.97 Å². The number of hydrogen-bond acceptors (Lipinski definition) is 4. The number of nitrogens with one attached hydrogen (secondary N) is 1. The number of esters is 1. The van der Waals surface area contributed by atoms with Crippen LogP contribution in [0.1, 0.15) is 26.7 Å². The van der Waals surface area contributed by atoms with Gasteiger partial charge in [0.05, 0.1) is 18.8 Å². The largest absolute Gasteiger partial charge is 0.462 e. The van der Waals surface area contributed by atoms with Crippen LogP contribution >= 0.6 is 0 Å². The van der Waals surface area contributed by atoms with E-state index in [1.165, 1.54) is 0 Å². The van der Waals surface area contributed by atoms with Crippen LogP contribution in [0.25, 0.3) is 0 Å². The monoisotopic (exact) mass is 201 g/mol. The first-order chi connectivity index (χ1) is 6.68. The van der Waals surface area contributed by atoms with Gasteiger partial charge in [0.2, 0.25) is 0 Å². The van der Waals surface area contributed by atoms with Crippen LogP contribution in [-0.2, 0) is 14.3 Å². The molecule has 0 radical (unpaired) electrons. The summed E-state index contributed by atoms with van der Waals surface area (Å²) < 4.78 is 10.4. The second-order valence-corrected chi connectivity index (χ2v) is 3.80. The van der Waals surface area contributed by atoms with E-state index in [0.29, 0.717) is 0 Å². The average molecular weight is 201 g/mol. The second kappa shape index (κ2) is 5.98. The minimum absolute atomic E-state index is 0.0352. The van der Waals surface area contributed by atoms with Gasteiger partial charge in [-0.1, -0.05) is 0 Å². The Morgan fingerprint density at radius 1 is 1.64 bits per heavy atom. The van der Waals surface area contributed by atoms with E-state index in [-0.39, 0.29) is 24.7 Å². The fourth-order valence-electron chi connectivity index (χ4n) is 1.45. The van der Waals surface area contributed by atoms with Crippen molar-refractivity contribution in [2.24, 2.45) is 0 Å². The Morgan fingerprint density at radius 3 is 3.00 bits per heavy atom. The van der Waals surface area contributed by atoms with Gasteiger partial charge in [-0.2, -0.15) is 0 Å². The second-order valence-electron chi connectivity index (χ2n) is 3.80. The van der Waals surface area contributed by atoms with Crippen molar-refractivity contribution in [3.8, 4) is 0 Å². The lowest BCUT2D eigenvalue weighted by Gasteiger charge is -2.11. The average Bonchev–Trinajstić information content (AvgIpc) is 2.55. The van der Waals surface area contributed by atoms with E-state index in [1.54, 1.807) is 0 Å². The Bertz CT molecular complexity index is 176. The summed E-state index contributed by atoms with van der Waals surface area (Å²) in [5.41, 5.74) is 0. The summed E-state index contributed by atoms with van der Waals surface area (Å²) >= 11 is 0. The molecule has 0 saturated carbocycles. The summed E-state index contributed by atoms with van der Waals surface area (Å²) in [5.74, 6) is -0.196. The highest BCUT2D eigenvalue weighted by Crippen LogP contribution is 2.10. The van der Waals surface area contributed by atoms with Crippen molar-refractivity contribution in [1.82, 2.24) is 5.32 Å². The molecule has 1 unspecified atom stereocenters. The molecule has 0 aromatic carbocycles. The summed E-state index contributed by atoms with van der Waals surface area (Å²) in [6.45, 7) is 5.56. The quantitative estimate of drug-likeness (QED) is 0.665. The van der Waals surface area contributed by atoms with Crippen LogP contribution in [-0.4, -0.2) is 37.9 Å². The maximum absolute atomic E-state index is 11.1. The van der Waals surface area contributed by atoms with Crippen molar-refractivity contribution in [1.29, 1.82) is 0 Å². The van der Waals surface area contributed by atoms with Crippen LogP contribution in [0.5, 0.6) is 0 Å². The summed E-state index contributed by atoms with van der Waals surface area (Å²) in [4.78, 5) is 11.1. The molecule has 0 amide bonds. The smallest absolute Gasteiger partial charge is 0.320 e. The minimum atomic E-state index is -0.196. The number of rotatable bonds is 5. The lowest BCUT2D eigenvalue weighted by molar-refractivity contribution is -0.146. The maximum atomic E-state index is 11.1. The predicted octanol–water partition coefficient (Wildman–Crippen LogP) is 0.707. The SMILES string of the molecule is CC(C)OC(=O)CNCC1CCCO1. The zero-order valence-electron chi connectivity index (χ0n) is 8.91. The van der Waals surface area contributed by atoms with Gasteiger partial charge in [0.25, 0.3) is 0 Å². The van der Waals surface area contributed by atoms with E-state index >= 15 is 0 Å². The Morgan fingerprint density at radius 2 is 2.43 bits per heavy atom. The van der Waals surface area contributed by atoms with E-state index in [0.717, 1.165) is 26.0 Å². The van der Waals surface area contributed by atoms with Gasteiger partial charge >= 0.3 is 5.97 Å². The number of hydrogen-bond donors (Lipinski definition) is 1. The first kappa shape index (κ1) is 11.5. The minimum Gasteiger partial charge on any atom is -0.462 e. The van der Waals surface area contributed by atoms with Gasteiger partial charge in [0, 0.05) is 13.2 Å². The van der Waals surface area contributed by atoms with Crippen LogP contribution in [0.4, 0.5) is 0 Å². The van der Waals surface area contributed by atoms with E-state index < -0.39 is 0 Å². The lowest BCUT2D eigenvalue weighted by atomic mass is 10.2. The first-order valence-electron chi connectivity index (χ1n) is 5.20. The van der Waals surface area contributed by atoms with Gasteiger partial charge in [0.1, 0.15) is 0 Å². The predicted molar refractivity (Wildman–Crippen MR) is 53.1 cm³/mol. The third-order valence-electron chi connectivity index (χ3n) is 2.03. The molecule has 0 aromatic heterocycles. The third kappa shape index (κ3) is 4.58. The van der Waals surface area contributed by atoms with Gasteiger partial charge in [0.15, 0.2) is 0 Å². The molecule has 14 heavy (non-hydrogen) atoms. The standard InChI is InChI=1S/C10H19NO3/c1-8(2)14-10(12)7-11-6-9-4-3-5-13-9/h8-9,11H,3-7H2,1-2H3. The molecule has 82 valence electrons. The summed E-state index contributed by atoms with van der Waals surface area (Å²) in [6.07, 6.45) is 2.46. The van der Waals surface area contributed by atoms with Gasteiger partial charge < -0.3 is 14.8 Å². The molecular formula is C10H19NO3. The molecule has 4 nitrogen and oxygen atoms in total. The molecule has 1 saturated heterocycles. The van der Waals surface area contributed by atoms with Crippen molar-refractivity contribution < 1.29 is 14.3 Å². The zero-order chi connectivity index (χ0) is 10.4. The molecule has 0 aliphatic carbocycles. The van der Waals surface area contributed by atoms with E-state index in [2.05, 4.69) is 5.32 Å².